The van der Waals surface area contributed by atoms with Crippen molar-refractivity contribution in [1.82, 2.24) is 5.32 Å². The summed E-state index contributed by atoms with van der Waals surface area (Å²) in [5.74, 6) is 0. The van der Waals surface area contributed by atoms with E-state index in [1.165, 1.54) is 0 Å². The zero-order chi connectivity index (χ0) is 11.1. The molecule has 0 bridgehead atoms. The third kappa shape index (κ3) is 4.47. The summed E-state index contributed by atoms with van der Waals surface area (Å²) in [6, 6.07) is 0. The highest BCUT2D eigenvalue weighted by Crippen LogP contribution is 2.28. The molecule has 15 heavy (non-hydrogen) atoms. The average molecular weight is 217 g/mol. The topological polar surface area (TPSA) is 39.7 Å². The lowest BCUT2D eigenvalue weighted by Gasteiger charge is -2.34. The summed E-state index contributed by atoms with van der Waals surface area (Å²) in [4.78, 5) is 0. The highest BCUT2D eigenvalue weighted by molar-refractivity contribution is 4.79. The Morgan fingerprint density at radius 2 is 1.87 bits per heavy atom. The molecule has 90 valence electrons. The predicted molar refractivity (Wildman–Crippen MR) is 58.8 cm³/mol. The van der Waals surface area contributed by atoms with Gasteiger partial charge < -0.3 is 19.5 Å². The van der Waals surface area contributed by atoms with Crippen LogP contribution in [0.25, 0.3) is 0 Å². The molecular weight excluding hydrogens is 194 g/mol. The van der Waals surface area contributed by atoms with E-state index in [9.17, 15) is 0 Å². The minimum absolute atomic E-state index is 0.145. The van der Waals surface area contributed by atoms with Crippen molar-refractivity contribution < 1.29 is 14.2 Å². The third-order valence-electron chi connectivity index (χ3n) is 3.09. The monoisotopic (exact) mass is 217 g/mol. The maximum Gasteiger partial charge on any atom is 0.169 e. The van der Waals surface area contributed by atoms with E-state index in [4.69, 9.17) is 14.2 Å². The molecule has 1 heterocycles. The number of methoxy groups -OCH3 is 2. The predicted octanol–water partition coefficient (Wildman–Crippen LogP) is 1.01. The molecule has 1 saturated heterocycles. The Morgan fingerprint density at radius 1 is 1.27 bits per heavy atom. The van der Waals surface area contributed by atoms with E-state index in [0.717, 1.165) is 39.1 Å². The molecule has 0 spiro atoms. The van der Waals surface area contributed by atoms with E-state index in [0.29, 0.717) is 5.41 Å². The second-order valence-corrected chi connectivity index (χ2v) is 4.45. The molecule has 0 radical (unpaired) electrons. The largest absolute Gasteiger partial charge is 0.381 e. The van der Waals surface area contributed by atoms with Crippen LogP contribution in [0.5, 0.6) is 0 Å². The maximum atomic E-state index is 5.36. The molecule has 4 nitrogen and oxygen atoms in total. The van der Waals surface area contributed by atoms with Crippen LogP contribution in [0.1, 0.15) is 19.8 Å². The molecule has 0 saturated carbocycles. The Balaban J connectivity index is 2.17. The van der Waals surface area contributed by atoms with E-state index in [1.54, 1.807) is 14.2 Å². The fraction of sp³-hybridized carbons (Fsp3) is 1.00. The minimum atomic E-state index is -0.145. The van der Waals surface area contributed by atoms with Crippen molar-refractivity contribution in [2.24, 2.45) is 5.41 Å². The fourth-order valence-corrected chi connectivity index (χ4v) is 1.80. The lowest BCUT2D eigenvalue weighted by molar-refractivity contribution is -0.100. The van der Waals surface area contributed by atoms with E-state index in [1.807, 2.05) is 0 Å². The summed E-state index contributed by atoms with van der Waals surface area (Å²) in [6.07, 6.45) is 2.11. The molecule has 1 fully saturated rings. The first-order valence-electron chi connectivity index (χ1n) is 5.54. The van der Waals surface area contributed by atoms with Crippen molar-refractivity contribution in [1.29, 1.82) is 0 Å². The molecule has 4 heteroatoms. The van der Waals surface area contributed by atoms with Crippen LogP contribution >= 0.6 is 0 Å². The van der Waals surface area contributed by atoms with Gasteiger partial charge in [-0.05, 0) is 18.3 Å². The van der Waals surface area contributed by atoms with Gasteiger partial charge in [-0.3, -0.25) is 0 Å². The van der Waals surface area contributed by atoms with Gasteiger partial charge in [-0.25, -0.2) is 0 Å². The molecule has 1 N–H and O–H groups in total. The molecule has 0 unspecified atom stereocenters. The van der Waals surface area contributed by atoms with Crippen LogP contribution in [0.2, 0.25) is 0 Å². The van der Waals surface area contributed by atoms with Crippen LogP contribution in [-0.4, -0.2) is 46.8 Å². The summed E-state index contributed by atoms with van der Waals surface area (Å²) in [5.41, 5.74) is 0.365. The van der Waals surface area contributed by atoms with Gasteiger partial charge >= 0.3 is 0 Å². The summed E-state index contributed by atoms with van der Waals surface area (Å²) >= 11 is 0. The second-order valence-electron chi connectivity index (χ2n) is 4.45. The Bertz CT molecular complexity index is 165. The first-order valence-corrected chi connectivity index (χ1v) is 5.54. The highest BCUT2D eigenvalue weighted by atomic mass is 16.7. The molecule has 0 aromatic carbocycles. The van der Waals surface area contributed by atoms with Crippen LogP contribution in [0.3, 0.4) is 0 Å². The zero-order valence-corrected chi connectivity index (χ0v) is 10.0. The standard InChI is InChI=1S/C11H23NO3/c1-11(4-6-15-7-5-11)9-12-8-10(13-2)14-3/h10,12H,4-9H2,1-3H3. The molecular formula is C11H23NO3. The Hall–Kier alpha value is -0.160. The first-order chi connectivity index (χ1) is 7.20. The van der Waals surface area contributed by atoms with Crippen molar-refractivity contribution in [2.45, 2.75) is 26.1 Å². The van der Waals surface area contributed by atoms with Crippen molar-refractivity contribution in [3.8, 4) is 0 Å². The van der Waals surface area contributed by atoms with Gasteiger partial charge in [-0.15, -0.1) is 0 Å². The molecule has 0 atom stereocenters. The summed E-state index contributed by atoms with van der Waals surface area (Å²) < 4.78 is 15.6. The van der Waals surface area contributed by atoms with Gasteiger partial charge in [0.05, 0.1) is 0 Å². The van der Waals surface area contributed by atoms with Crippen LogP contribution in [0.15, 0.2) is 0 Å². The first kappa shape index (κ1) is 12.9. The van der Waals surface area contributed by atoms with E-state index >= 15 is 0 Å². The van der Waals surface area contributed by atoms with Gasteiger partial charge in [0.25, 0.3) is 0 Å². The molecule has 1 aliphatic rings. The van der Waals surface area contributed by atoms with Gasteiger partial charge in [0.15, 0.2) is 6.29 Å². The Morgan fingerprint density at radius 3 is 2.40 bits per heavy atom. The minimum Gasteiger partial charge on any atom is -0.381 e. The number of ether oxygens (including phenoxy) is 3. The van der Waals surface area contributed by atoms with Gasteiger partial charge in [-0.1, -0.05) is 6.92 Å². The summed E-state index contributed by atoms with van der Waals surface area (Å²) in [7, 11) is 3.32. The van der Waals surface area contributed by atoms with Gasteiger partial charge in [-0.2, -0.15) is 0 Å². The van der Waals surface area contributed by atoms with Crippen molar-refractivity contribution in [3.05, 3.63) is 0 Å². The van der Waals surface area contributed by atoms with E-state index < -0.39 is 0 Å². The molecule has 0 aromatic heterocycles. The Kier molecular flexibility index (Phi) is 5.53. The molecule has 0 amide bonds. The van der Waals surface area contributed by atoms with E-state index in [2.05, 4.69) is 12.2 Å². The second kappa shape index (κ2) is 6.43. The average Bonchev–Trinajstić information content (AvgIpc) is 2.25. The van der Waals surface area contributed by atoms with Gasteiger partial charge in [0, 0.05) is 40.5 Å². The molecule has 0 aromatic rings. The summed E-state index contributed by atoms with van der Waals surface area (Å²) in [5, 5.41) is 3.39. The van der Waals surface area contributed by atoms with Crippen LogP contribution in [0, 0.1) is 5.41 Å². The van der Waals surface area contributed by atoms with Gasteiger partial charge in [0.1, 0.15) is 0 Å². The fourth-order valence-electron chi connectivity index (χ4n) is 1.80. The van der Waals surface area contributed by atoms with Crippen molar-refractivity contribution in [3.63, 3.8) is 0 Å². The SMILES string of the molecule is COC(CNCC1(C)CCOCC1)OC. The van der Waals surface area contributed by atoms with Crippen molar-refractivity contribution >= 4 is 0 Å². The third-order valence-corrected chi connectivity index (χ3v) is 3.09. The normalized spacial score (nSPS) is 20.8. The molecule has 1 aliphatic heterocycles. The van der Waals surface area contributed by atoms with Crippen LogP contribution in [0.4, 0.5) is 0 Å². The van der Waals surface area contributed by atoms with Crippen molar-refractivity contribution in [2.75, 3.05) is 40.5 Å². The van der Waals surface area contributed by atoms with Gasteiger partial charge in [0.2, 0.25) is 0 Å². The molecule has 0 aliphatic carbocycles. The zero-order valence-electron chi connectivity index (χ0n) is 10.0. The van der Waals surface area contributed by atoms with Crippen LogP contribution in [-0.2, 0) is 14.2 Å². The smallest absolute Gasteiger partial charge is 0.169 e. The number of hydrogen-bond donors (Lipinski definition) is 1. The highest BCUT2D eigenvalue weighted by Gasteiger charge is 2.26. The number of hydrogen-bond acceptors (Lipinski definition) is 4. The summed E-state index contributed by atoms with van der Waals surface area (Å²) in [6.45, 7) is 5.81. The number of rotatable bonds is 6. The Labute approximate surface area is 92.3 Å². The lowest BCUT2D eigenvalue weighted by Crippen LogP contribution is -2.40. The maximum absolute atomic E-state index is 5.36. The van der Waals surface area contributed by atoms with Crippen LogP contribution < -0.4 is 5.32 Å². The molecule has 1 rings (SSSR count). The quantitative estimate of drug-likeness (QED) is 0.674. The lowest BCUT2D eigenvalue weighted by atomic mass is 9.82. The number of nitrogens with one attached hydrogen (secondary N) is 1. The van der Waals surface area contributed by atoms with E-state index in [-0.39, 0.29) is 6.29 Å².